The second-order valence-corrected chi connectivity index (χ2v) is 6.08. The van der Waals surface area contributed by atoms with Gasteiger partial charge in [-0.15, -0.1) is 0 Å². The molecule has 1 atom stereocenters. The Kier molecular flexibility index (Phi) is 3.80. The molecule has 0 bridgehead atoms. The number of rotatable bonds is 2. The van der Waals surface area contributed by atoms with E-state index in [0.29, 0.717) is 19.0 Å². The second kappa shape index (κ2) is 5.21. The lowest BCUT2D eigenvalue weighted by molar-refractivity contribution is -0.00477. The molecule has 1 amide bonds. The Morgan fingerprint density at radius 1 is 1.32 bits per heavy atom. The number of nitrogens with two attached hydrogens (primary N) is 1. The first-order valence-electron chi connectivity index (χ1n) is 6.65. The number of hydrogen-bond acceptors (Lipinski definition) is 3. The molecule has 1 aromatic carbocycles. The van der Waals surface area contributed by atoms with Gasteiger partial charge in [-0.05, 0) is 26.3 Å². The minimum absolute atomic E-state index is 0.0140. The van der Waals surface area contributed by atoms with E-state index < -0.39 is 5.60 Å². The van der Waals surface area contributed by atoms with E-state index >= 15 is 0 Å². The molecular weight excluding hydrogens is 240 g/mol. The minimum Gasteiger partial charge on any atom is -0.444 e. The van der Waals surface area contributed by atoms with Gasteiger partial charge in [0.2, 0.25) is 0 Å². The molecule has 104 valence electrons. The van der Waals surface area contributed by atoms with Crippen LogP contribution in [0.2, 0.25) is 0 Å². The first-order chi connectivity index (χ1) is 8.87. The van der Waals surface area contributed by atoms with Crippen LogP contribution in [0.15, 0.2) is 30.3 Å². The van der Waals surface area contributed by atoms with Gasteiger partial charge < -0.3 is 15.4 Å². The minimum atomic E-state index is -0.441. The molecule has 1 aromatic rings. The molecule has 0 unspecified atom stereocenters. The molecule has 19 heavy (non-hydrogen) atoms. The molecule has 1 aliphatic rings. The molecule has 0 aromatic heterocycles. The fraction of sp³-hybridized carbons (Fsp3) is 0.533. The molecule has 1 heterocycles. The number of benzene rings is 1. The Morgan fingerprint density at radius 2 is 1.89 bits per heavy atom. The lowest BCUT2D eigenvalue weighted by atomic mass is 9.88. The highest BCUT2D eigenvalue weighted by Gasteiger charge is 2.37. The van der Waals surface area contributed by atoms with E-state index in [1.165, 1.54) is 0 Å². The zero-order chi connectivity index (χ0) is 14.0. The molecule has 1 saturated heterocycles. The summed E-state index contributed by atoms with van der Waals surface area (Å²) < 4.78 is 5.32. The summed E-state index contributed by atoms with van der Waals surface area (Å²) >= 11 is 0. The maximum absolute atomic E-state index is 11.8. The summed E-state index contributed by atoms with van der Waals surface area (Å²) in [6, 6.07) is 9.99. The lowest BCUT2D eigenvalue weighted by Gasteiger charge is -2.42. The average Bonchev–Trinajstić information content (AvgIpc) is 2.25. The Hall–Kier alpha value is -1.55. The maximum Gasteiger partial charge on any atom is 0.410 e. The number of nitrogens with zero attached hydrogens (tertiary/aromatic N) is 1. The smallest absolute Gasteiger partial charge is 0.410 e. The van der Waals surface area contributed by atoms with E-state index in [-0.39, 0.29) is 12.1 Å². The van der Waals surface area contributed by atoms with Crippen LogP contribution < -0.4 is 5.73 Å². The van der Waals surface area contributed by atoms with E-state index in [0.717, 1.165) is 5.56 Å². The summed E-state index contributed by atoms with van der Waals surface area (Å²) in [6.07, 6.45) is -0.246. The van der Waals surface area contributed by atoms with Crippen LogP contribution in [-0.2, 0) is 4.74 Å². The molecule has 0 saturated carbocycles. The zero-order valence-corrected chi connectivity index (χ0v) is 11.8. The van der Waals surface area contributed by atoms with Gasteiger partial charge in [-0.3, -0.25) is 0 Å². The van der Waals surface area contributed by atoms with Crippen molar-refractivity contribution in [3.05, 3.63) is 35.9 Å². The summed E-state index contributed by atoms with van der Waals surface area (Å²) in [5.74, 6) is 0.315. The number of carbonyl (C=O) groups is 1. The molecule has 1 aliphatic heterocycles. The molecule has 0 spiro atoms. The number of carbonyl (C=O) groups excluding carboxylic acids is 1. The van der Waals surface area contributed by atoms with Crippen molar-refractivity contribution >= 4 is 6.09 Å². The van der Waals surface area contributed by atoms with Crippen LogP contribution in [-0.4, -0.2) is 29.7 Å². The lowest BCUT2D eigenvalue weighted by Crippen LogP contribution is -2.54. The van der Waals surface area contributed by atoms with Gasteiger partial charge in [0.15, 0.2) is 0 Å². The van der Waals surface area contributed by atoms with Crippen molar-refractivity contribution in [3.8, 4) is 0 Å². The summed E-state index contributed by atoms with van der Waals surface area (Å²) in [4.78, 5) is 13.5. The highest BCUT2D eigenvalue weighted by atomic mass is 16.6. The van der Waals surface area contributed by atoms with E-state index in [9.17, 15) is 4.79 Å². The van der Waals surface area contributed by atoms with Crippen molar-refractivity contribution < 1.29 is 9.53 Å². The van der Waals surface area contributed by atoms with Crippen molar-refractivity contribution in [2.24, 2.45) is 11.7 Å². The number of amides is 1. The Balaban J connectivity index is 1.85. The Labute approximate surface area is 114 Å². The zero-order valence-electron chi connectivity index (χ0n) is 11.8. The van der Waals surface area contributed by atoms with Crippen molar-refractivity contribution in [2.45, 2.75) is 32.4 Å². The van der Waals surface area contributed by atoms with Crippen LogP contribution in [0.25, 0.3) is 0 Å². The SMILES string of the molecule is CC(C)(C)OC(=O)N1CC([C@@H](N)c2ccccc2)C1. The van der Waals surface area contributed by atoms with Gasteiger partial charge in [-0.2, -0.15) is 0 Å². The van der Waals surface area contributed by atoms with Crippen molar-refractivity contribution in [1.82, 2.24) is 4.90 Å². The standard InChI is InChI=1S/C15H22N2O2/c1-15(2,3)19-14(18)17-9-12(10-17)13(16)11-7-5-4-6-8-11/h4-8,12-13H,9-10,16H2,1-3H3/t13-/m0/s1. The first-order valence-corrected chi connectivity index (χ1v) is 6.65. The molecule has 0 aliphatic carbocycles. The van der Waals surface area contributed by atoms with E-state index in [4.69, 9.17) is 10.5 Å². The third-order valence-corrected chi connectivity index (χ3v) is 3.25. The molecule has 4 nitrogen and oxygen atoms in total. The summed E-state index contributed by atoms with van der Waals surface area (Å²) in [5.41, 5.74) is 6.89. The first kappa shape index (κ1) is 13.9. The highest BCUT2D eigenvalue weighted by molar-refractivity contribution is 5.69. The van der Waals surface area contributed by atoms with Crippen LogP contribution in [0.5, 0.6) is 0 Å². The third-order valence-electron chi connectivity index (χ3n) is 3.25. The number of ether oxygens (including phenoxy) is 1. The van der Waals surface area contributed by atoms with E-state index in [1.807, 2.05) is 51.1 Å². The third kappa shape index (κ3) is 3.47. The summed E-state index contributed by atoms with van der Waals surface area (Å²) in [6.45, 7) is 6.96. The van der Waals surface area contributed by atoms with Gasteiger partial charge in [-0.25, -0.2) is 4.79 Å². The molecule has 1 fully saturated rings. The quantitative estimate of drug-likeness (QED) is 0.891. The molecule has 2 N–H and O–H groups in total. The summed E-state index contributed by atoms with van der Waals surface area (Å²) in [7, 11) is 0. The predicted molar refractivity (Wildman–Crippen MR) is 74.7 cm³/mol. The van der Waals surface area contributed by atoms with Crippen molar-refractivity contribution in [1.29, 1.82) is 0 Å². The largest absolute Gasteiger partial charge is 0.444 e. The van der Waals surface area contributed by atoms with Gasteiger partial charge in [0.05, 0.1) is 0 Å². The molecular formula is C15H22N2O2. The predicted octanol–water partition coefficient (Wildman–Crippen LogP) is 2.55. The monoisotopic (exact) mass is 262 g/mol. The van der Waals surface area contributed by atoms with Gasteiger partial charge >= 0.3 is 6.09 Å². The molecule has 4 heteroatoms. The average molecular weight is 262 g/mol. The molecule has 0 radical (unpaired) electrons. The second-order valence-electron chi connectivity index (χ2n) is 6.08. The van der Waals surface area contributed by atoms with Crippen molar-refractivity contribution in [3.63, 3.8) is 0 Å². The van der Waals surface area contributed by atoms with Gasteiger partial charge in [0, 0.05) is 25.0 Å². The van der Waals surface area contributed by atoms with Crippen LogP contribution in [0.3, 0.4) is 0 Å². The Bertz CT molecular complexity index is 433. The highest BCUT2D eigenvalue weighted by Crippen LogP contribution is 2.29. The van der Waals surface area contributed by atoms with Crippen LogP contribution in [0, 0.1) is 5.92 Å². The van der Waals surface area contributed by atoms with Crippen LogP contribution >= 0.6 is 0 Å². The fourth-order valence-electron chi connectivity index (χ4n) is 2.16. The van der Waals surface area contributed by atoms with Gasteiger partial charge in [0.25, 0.3) is 0 Å². The fourth-order valence-corrected chi connectivity index (χ4v) is 2.16. The number of likely N-dealkylation sites (tertiary alicyclic amines) is 1. The molecule has 2 rings (SSSR count). The topological polar surface area (TPSA) is 55.6 Å². The van der Waals surface area contributed by atoms with Gasteiger partial charge in [0.1, 0.15) is 5.60 Å². The normalized spacial score (nSPS) is 17.8. The van der Waals surface area contributed by atoms with Crippen LogP contribution in [0.1, 0.15) is 32.4 Å². The van der Waals surface area contributed by atoms with Crippen LogP contribution in [0.4, 0.5) is 4.79 Å². The van der Waals surface area contributed by atoms with E-state index in [1.54, 1.807) is 4.90 Å². The Morgan fingerprint density at radius 3 is 2.42 bits per heavy atom. The maximum atomic E-state index is 11.8. The van der Waals surface area contributed by atoms with E-state index in [2.05, 4.69) is 0 Å². The summed E-state index contributed by atoms with van der Waals surface area (Å²) in [5, 5.41) is 0. The number of hydrogen-bond donors (Lipinski definition) is 1. The van der Waals surface area contributed by atoms with Crippen molar-refractivity contribution in [2.75, 3.05) is 13.1 Å². The van der Waals surface area contributed by atoms with Gasteiger partial charge in [-0.1, -0.05) is 30.3 Å².